The van der Waals surface area contributed by atoms with E-state index in [0.717, 1.165) is 74.2 Å². The zero-order valence-electron chi connectivity index (χ0n) is 21.4. The highest BCUT2D eigenvalue weighted by atomic mass is 35.5. The molecule has 3 aliphatic rings. The van der Waals surface area contributed by atoms with Gasteiger partial charge in [-0.2, -0.15) is 0 Å². The molecule has 3 fully saturated rings. The maximum Gasteiger partial charge on any atom is 0.265 e. The molecule has 0 bridgehead atoms. The van der Waals surface area contributed by atoms with Gasteiger partial charge < -0.3 is 4.90 Å². The molecular weight excluding hydrogens is 500 g/mol. The fourth-order valence-corrected chi connectivity index (χ4v) is 9.05. The Morgan fingerprint density at radius 2 is 1.54 bits per heavy atom. The third-order valence-electron chi connectivity index (χ3n) is 9.37. The van der Waals surface area contributed by atoms with E-state index in [-0.39, 0.29) is 17.0 Å². The van der Waals surface area contributed by atoms with Crippen LogP contribution in [0.25, 0.3) is 32.4 Å². The Balaban J connectivity index is 1.44. The predicted octanol–water partition coefficient (Wildman–Crippen LogP) is 8.04. The van der Waals surface area contributed by atoms with Crippen molar-refractivity contribution in [3.05, 3.63) is 51.7 Å². The zero-order chi connectivity index (χ0) is 25.4. The van der Waals surface area contributed by atoms with Gasteiger partial charge in [0.25, 0.3) is 5.91 Å². The van der Waals surface area contributed by atoms with E-state index < -0.39 is 0 Å². The lowest BCUT2D eigenvalue weighted by atomic mass is 9.73. The minimum absolute atomic E-state index is 0.0428. The number of nitrogens with zero attached hydrogens (tertiary/aromatic N) is 4. The number of carbonyl (C=O) groups excluding carboxylic acids is 1. The quantitative estimate of drug-likeness (QED) is 0.246. The number of hydrogen-bond acceptors (Lipinski definition) is 5. The molecular formula is C30H31ClN4OS. The second-order valence-electron chi connectivity index (χ2n) is 11.2. The molecule has 0 atom stereocenters. The molecule has 2 spiro atoms. The Labute approximate surface area is 226 Å². The summed E-state index contributed by atoms with van der Waals surface area (Å²) in [5.41, 5.74) is 5.47. The predicted molar refractivity (Wildman–Crippen MR) is 150 cm³/mol. The van der Waals surface area contributed by atoms with E-state index in [1.54, 1.807) is 12.4 Å². The molecule has 1 aliphatic heterocycles. The SMILES string of the molecule is Cc1nc2sc(C(=O)N3C4(CCCCC4)C34CCCCC4)c(-c3ccc4nccnc4c3)c2c(C)c1Cl. The number of fused-ring (bicyclic) bond motifs is 3. The average Bonchev–Trinajstić information content (AvgIpc) is 3.22. The Morgan fingerprint density at radius 3 is 2.19 bits per heavy atom. The summed E-state index contributed by atoms with van der Waals surface area (Å²) in [4.78, 5) is 32.6. The van der Waals surface area contributed by atoms with Crippen LogP contribution >= 0.6 is 22.9 Å². The molecule has 4 aromatic rings. The van der Waals surface area contributed by atoms with E-state index in [0.29, 0.717) is 5.02 Å². The lowest BCUT2D eigenvalue weighted by Gasteiger charge is -2.27. The van der Waals surface area contributed by atoms with Crippen molar-refractivity contribution in [1.82, 2.24) is 19.9 Å². The normalized spacial score (nSPS) is 20.2. The number of thiophene rings is 1. The lowest BCUT2D eigenvalue weighted by molar-refractivity contribution is 0.0820. The monoisotopic (exact) mass is 530 g/mol. The topological polar surface area (TPSA) is 58.8 Å². The molecule has 4 heterocycles. The third-order valence-corrected chi connectivity index (χ3v) is 11.0. The van der Waals surface area contributed by atoms with Crippen LogP contribution in [0.15, 0.2) is 30.6 Å². The molecule has 2 aliphatic carbocycles. The molecule has 5 nitrogen and oxygen atoms in total. The van der Waals surface area contributed by atoms with Gasteiger partial charge >= 0.3 is 0 Å². The number of halogens is 1. The van der Waals surface area contributed by atoms with Crippen molar-refractivity contribution < 1.29 is 4.79 Å². The number of rotatable bonds is 2. The van der Waals surface area contributed by atoms with Crippen molar-refractivity contribution in [2.24, 2.45) is 0 Å². The molecule has 3 aromatic heterocycles. The maximum absolute atomic E-state index is 14.7. The highest BCUT2D eigenvalue weighted by molar-refractivity contribution is 7.21. The minimum Gasteiger partial charge on any atom is -0.322 e. The van der Waals surface area contributed by atoms with Crippen LogP contribution in [0.4, 0.5) is 0 Å². The van der Waals surface area contributed by atoms with E-state index in [1.165, 1.54) is 49.9 Å². The van der Waals surface area contributed by atoms with Crippen molar-refractivity contribution >= 4 is 50.1 Å². The lowest BCUT2D eigenvalue weighted by Crippen LogP contribution is -2.30. The first-order valence-corrected chi connectivity index (χ1v) is 14.8. The largest absolute Gasteiger partial charge is 0.322 e. The molecule has 1 saturated heterocycles. The maximum atomic E-state index is 14.7. The first kappa shape index (κ1) is 23.5. The highest BCUT2D eigenvalue weighted by Crippen LogP contribution is 2.66. The summed E-state index contributed by atoms with van der Waals surface area (Å²) < 4.78 is 0. The molecule has 0 radical (unpaired) electrons. The number of aromatic nitrogens is 3. The Bertz CT molecular complexity index is 1540. The van der Waals surface area contributed by atoms with Gasteiger partial charge in [0.15, 0.2) is 0 Å². The second kappa shape index (κ2) is 8.47. The summed E-state index contributed by atoms with van der Waals surface area (Å²) in [5, 5.41) is 1.66. The van der Waals surface area contributed by atoms with Crippen LogP contribution in [-0.4, -0.2) is 36.8 Å². The van der Waals surface area contributed by atoms with Crippen LogP contribution in [0.3, 0.4) is 0 Å². The van der Waals surface area contributed by atoms with Gasteiger partial charge in [-0.25, -0.2) is 4.98 Å². The number of benzene rings is 1. The summed E-state index contributed by atoms with van der Waals surface area (Å²) in [5.74, 6) is 0.189. The minimum atomic E-state index is 0.0428. The molecule has 37 heavy (non-hydrogen) atoms. The third kappa shape index (κ3) is 3.27. The van der Waals surface area contributed by atoms with Gasteiger partial charge in [-0.1, -0.05) is 56.2 Å². The van der Waals surface area contributed by atoms with Gasteiger partial charge in [-0.05, 0) is 62.8 Å². The van der Waals surface area contributed by atoms with Crippen molar-refractivity contribution in [2.75, 3.05) is 0 Å². The van der Waals surface area contributed by atoms with Crippen LogP contribution in [0.1, 0.15) is 85.1 Å². The Morgan fingerprint density at radius 1 is 0.919 bits per heavy atom. The molecule has 0 unspecified atom stereocenters. The standard InChI is InChI=1S/C30H31ClN4OS/c1-18-23-24(20-9-10-21-22(17-20)33-16-15-32-21)26(37-27(23)34-19(2)25(18)31)28(36)35-29(11-5-3-6-12-29)30(35)13-7-4-8-14-30/h9-10,15-17H,3-8,11-14H2,1-2H3. The van der Waals surface area contributed by atoms with Gasteiger partial charge in [0.2, 0.25) is 0 Å². The van der Waals surface area contributed by atoms with E-state index in [1.807, 2.05) is 19.9 Å². The van der Waals surface area contributed by atoms with E-state index in [4.69, 9.17) is 16.6 Å². The number of carbonyl (C=O) groups is 1. The van der Waals surface area contributed by atoms with Crippen molar-refractivity contribution in [2.45, 2.75) is 89.1 Å². The number of aryl methyl sites for hydroxylation is 2. The van der Waals surface area contributed by atoms with Crippen LogP contribution in [-0.2, 0) is 0 Å². The fourth-order valence-electron chi connectivity index (χ4n) is 7.68. The molecule has 1 aromatic carbocycles. The molecule has 2 saturated carbocycles. The molecule has 190 valence electrons. The molecule has 7 rings (SSSR count). The number of amides is 1. The molecule has 1 amide bonds. The van der Waals surface area contributed by atoms with E-state index in [9.17, 15) is 4.79 Å². The second-order valence-corrected chi connectivity index (χ2v) is 12.6. The fraction of sp³-hybridized carbons (Fsp3) is 0.467. The van der Waals surface area contributed by atoms with Gasteiger partial charge in [0, 0.05) is 23.3 Å². The van der Waals surface area contributed by atoms with Crippen LogP contribution < -0.4 is 0 Å². The summed E-state index contributed by atoms with van der Waals surface area (Å²) in [7, 11) is 0. The Hall–Kier alpha value is -2.57. The van der Waals surface area contributed by atoms with Gasteiger partial charge in [0.05, 0.1) is 32.8 Å². The van der Waals surface area contributed by atoms with E-state index >= 15 is 0 Å². The van der Waals surface area contributed by atoms with Crippen molar-refractivity contribution in [1.29, 1.82) is 0 Å². The first-order chi connectivity index (χ1) is 18.0. The molecule has 0 N–H and O–H groups in total. The first-order valence-electron chi connectivity index (χ1n) is 13.6. The number of pyridine rings is 1. The van der Waals surface area contributed by atoms with Gasteiger partial charge in [-0.3, -0.25) is 14.8 Å². The van der Waals surface area contributed by atoms with Crippen LogP contribution in [0.2, 0.25) is 5.02 Å². The summed E-state index contributed by atoms with van der Waals surface area (Å²) >= 11 is 8.27. The average molecular weight is 531 g/mol. The number of hydrogen-bond donors (Lipinski definition) is 0. The summed E-state index contributed by atoms with van der Waals surface area (Å²) in [6.07, 6.45) is 15.5. The van der Waals surface area contributed by atoms with Gasteiger partial charge in [0.1, 0.15) is 9.71 Å². The molecule has 7 heteroatoms. The van der Waals surface area contributed by atoms with Crippen LogP contribution in [0, 0.1) is 13.8 Å². The zero-order valence-corrected chi connectivity index (χ0v) is 23.0. The summed E-state index contributed by atoms with van der Waals surface area (Å²) in [6, 6.07) is 6.12. The van der Waals surface area contributed by atoms with Gasteiger partial charge in [-0.15, -0.1) is 11.3 Å². The van der Waals surface area contributed by atoms with Crippen molar-refractivity contribution in [3.8, 4) is 11.1 Å². The van der Waals surface area contributed by atoms with E-state index in [2.05, 4.69) is 27.0 Å². The highest BCUT2D eigenvalue weighted by Gasteiger charge is 2.75. The summed E-state index contributed by atoms with van der Waals surface area (Å²) in [6.45, 7) is 3.99. The Kier molecular flexibility index (Phi) is 5.39. The van der Waals surface area contributed by atoms with Crippen LogP contribution in [0.5, 0.6) is 0 Å². The van der Waals surface area contributed by atoms with Crippen molar-refractivity contribution in [3.63, 3.8) is 0 Å². The smallest absolute Gasteiger partial charge is 0.265 e.